The van der Waals surface area contributed by atoms with Crippen LogP contribution >= 0.6 is 0 Å². The number of anilines is 3. The third-order valence-corrected chi connectivity index (χ3v) is 11.8. The number of nitrogens with zero attached hydrogens (tertiary/aromatic N) is 1. The van der Waals surface area contributed by atoms with Gasteiger partial charge < -0.3 is 13.7 Å². The molecule has 0 radical (unpaired) electrons. The lowest BCUT2D eigenvalue weighted by atomic mass is 9.97. The fourth-order valence-electron chi connectivity index (χ4n) is 8.91. The standard InChI is InChI=1S/C56H35NO2/c1-2-11-40-34-43(20-19-36(40)9-1)42-13-7-12-41(33-42)37-21-27-45(28-22-37)57(51-16-8-18-54-55(51)49-31-25-39-10-3-4-14-47(39)56(49)59-54)46-29-23-38(24-30-46)44-26-32-53-50(35-44)48-15-5-6-17-52(48)58-53/h1-35H. The van der Waals surface area contributed by atoms with Gasteiger partial charge in [-0.15, -0.1) is 0 Å². The Kier molecular flexibility index (Phi) is 7.54. The van der Waals surface area contributed by atoms with E-state index in [-0.39, 0.29) is 0 Å². The molecular formula is C56H35NO2. The maximum atomic E-state index is 6.68. The summed E-state index contributed by atoms with van der Waals surface area (Å²) in [6.07, 6.45) is 0. The second-order valence-electron chi connectivity index (χ2n) is 15.3. The van der Waals surface area contributed by atoms with Gasteiger partial charge in [0.15, 0.2) is 0 Å². The molecule has 0 bridgehead atoms. The number of benzene rings is 10. The van der Waals surface area contributed by atoms with Crippen molar-refractivity contribution in [2.45, 2.75) is 0 Å². The van der Waals surface area contributed by atoms with Crippen LogP contribution in [-0.2, 0) is 0 Å². The van der Waals surface area contributed by atoms with E-state index in [2.05, 4.69) is 205 Å². The molecule has 3 nitrogen and oxygen atoms in total. The maximum Gasteiger partial charge on any atom is 0.143 e. The largest absolute Gasteiger partial charge is 0.456 e. The highest BCUT2D eigenvalue weighted by Gasteiger charge is 2.21. The molecule has 0 aliphatic carbocycles. The third-order valence-electron chi connectivity index (χ3n) is 11.8. The molecule has 0 N–H and O–H groups in total. The predicted octanol–water partition coefficient (Wildman–Crippen LogP) is 16.3. The molecule has 0 amide bonds. The molecule has 0 saturated carbocycles. The fraction of sp³-hybridized carbons (Fsp3) is 0. The normalized spacial score (nSPS) is 11.7. The number of hydrogen-bond donors (Lipinski definition) is 0. The van der Waals surface area contributed by atoms with Gasteiger partial charge in [0.25, 0.3) is 0 Å². The number of hydrogen-bond acceptors (Lipinski definition) is 3. The van der Waals surface area contributed by atoms with Crippen LogP contribution in [0.5, 0.6) is 0 Å². The SMILES string of the molecule is c1cc(-c2ccc(N(c3ccc(-c4ccc5oc6ccccc6c5c4)cc3)c3cccc4oc5c6ccccc6ccc5c34)cc2)cc(-c2ccc3ccccc3c2)c1. The highest BCUT2D eigenvalue weighted by Crippen LogP contribution is 2.45. The first-order chi connectivity index (χ1) is 29.2. The minimum absolute atomic E-state index is 0.859. The lowest BCUT2D eigenvalue weighted by Gasteiger charge is -2.26. The van der Waals surface area contributed by atoms with Gasteiger partial charge in [0.2, 0.25) is 0 Å². The van der Waals surface area contributed by atoms with Crippen molar-refractivity contribution in [2.75, 3.05) is 4.90 Å². The van der Waals surface area contributed by atoms with Crippen molar-refractivity contribution >= 4 is 82.5 Å². The zero-order valence-corrected chi connectivity index (χ0v) is 32.0. The Labute approximate surface area is 340 Å². The minimum atomic E-state index is 0.859. The van der Waals surface area contributed by atoms with Crippen LogP contribution in [0, 0.1) is 0 Å². The van der Waals surface area contributed by atoms with Gasteiger partial charge in [-0.3, -0.25) is 0 Å². The van der Waals surface area contributed by atoms with E-state index < -0.39 is 0 Å². The van der Waals surface area contributed by atoms with Gasteiger partial charge in [0.05, 0.1) is 11.1 Å². The molecule has 59 heavy (non-hydrogen) atoms. The Balaban J connectivity index is 0.974. The summed E-state index contributed by atoms with van der Waals surface area (Å²) in [5.41, 5.74) is 13.8. The summed E-state index contributed by atoms with van der Waals surface area (Å²) in [6, 6.07) is 75.9. The monoisotopic (exact) mass is 753 g/mol. The first-order valence-electron chi connectivity index (χ1n) is 20.1. The van der Waals surface area contributed by atoms with Crippen LogP contribution in [-0.4, -0.2) is 0 Å². The summed E-state index contributed by atoms with van der Waals surface area (Å²) in [7, 11) is 0. The summed E-state index contributed by atoms with van der Waals surface area (Å²) in [5, 5.41) is 9.20. The van der Waals surface area contributed by atoms with Crippen LogP contribution in [0.2, 0.25) is 0 Å². The second-order valence-corrected chi connectivity index (χ2v) is 15.3. The molecule has 0 saturated heterocycles. The van der Waals surface area contributed by atoms with E-state index in [0.717, 1.165) is 88.4 Å². The Morgan fingerprint density at radius 2 is 0.847 bits per heavy atom. The van der Waals surface area contributed by atoms with Crippen molar-refractivity contribution in [3.8, 4) is 33.4 Å². The molecule has 2 heterocycles. The van der Waals surface area contributed by atoms with Crippen molar-refractivity contribution in [2.24, 2.45) is 0 Å². The molecule has 276 valence electrons. The lowest BCUT2D eigenvalue weighted by molar-refractivity contribution is 0.669. The lowest BCUT2D eigenvalue weighted by Crippen LogP contribution is -2.10. The summed E-state index contributed by atoms with van der Waals surface area (Å²) in [5.74, 6) is 0. The average Bonchev–Trinajstić information content (AvgIpc) is 3.88. The average molecular weight is 754 g/mol. The molecule has 0 fully saturated rings. The Morgan fingerprint density at radius 3 is 1.64 bits per heavy atom. The third kappa shape index (κ3) is 5.59. The van der Waals surface area contributed by atoms with Crippen molar-refractivity contribution in [1.82, 2.24) is 0 Å². The summed E-state index contributed by atoms with van der Waals surface area (Å²) in [4.78, 5) is 2.36. The highest BCUT2D eigenvalue weighted by atomic mass is 16.3. The topological polar surface area (TPSA) is 29.5 Å². The van der Waals surface area contributed by atoms with E-state index in [4.69, 9.17) is 8.83 Å². The minimum Gasteiger partial charge on any atom is -0.456 e. The zero-order valence-electron chi connectivity index (χ0n) is 32.0. The summed E-state index contributed by atoms with van der Waals surface area (Å²) < 4.78 is 12.8. The molecule has 0 aliphatic heterocycles. The predicted molar refractivity (Wildman–Crippen MR) is 247 cm³/mol. The van der Waals surface area contributed by atoms with Crippen LogP contribution in [0.1, 0.15) is 0 Å². The number of furan rings is 2. The van der Waals surface area contributed by atoms with E-state index >= 15 is 0 Å². The first kappa shape index (κ1) is 33.3. The van der Waals surface area contributed by atoms with Crippen LogP contribution < -0.4 is 4.90 Å². The van der Waals surface area contributed by atoms with E-state index in [1.54, 1.807) is 0 Å². The molecule has 0 spiro atoms. The second kappa shape index (κ2) is 13.4. The van der Waals surface area contributed by atoms with Gasteiger partial charge in [0, 0.05) is 32.9 Å². The molecule has 0 atom stereocenters. The van der Waals surface area contributed by atoms with Crippen LogP contribution in [0.4, 0.5) is 17.1 Å². The Hall–Kier alpha value is -7.88. The van der Waals surface area contributed by atoms with Gasteiger partial charge in [-0.1, -0.05) is 140 Å². The van der Waals surface area contributed by atoms with Gasteiger partial charge in [-0.2, -0.15) is 0 Å². The zero-order chi connectivity index (χ0) is 38.9. The summed E-state index contributed by atoms with van der Waals surface area (Å²) in [6.45, 7) is 0. The molecule has 0 unspecified atom stereocenters. The maximum absolute atomic E-state index is 6.68. The molecule has 12 aromatic rings. The smallest absolute Gasteiger partial charge is 0.143 e. The Morgan fingerprint density at radius 1 is 0.288 bits per heavy atom. The van der Waals surface area contributed by atoms with Gasteiger partial charge in [0.1, 0.15) is 22.3 Å². The van der Waals surface area contributed by atoms with Gasteiger partial charge in [-0.05, 0) is 122 Å². The molecule has 12 rings (SSSR count). The van der Waals surface area contributed by atoms with Crippen molar-refractivity contribution in [1.29, 1.82) is 0 Å². The quantitative estimate of drug-likeness (QED) is 0.169. The number of rotatable bonds is 6. The first-order valence-corrected chi connectivity index (χ1v) is 20.1. The molecule has 10 aromatic carbocycles. The van der Waals surface area contributed by atoms with Crippen LogP contribution in [0.3, 0.4) is 0 Å². The van der Waals surface area contributed by atoms with E-state index in [1.807, 2.05) is 12.1 Å². The summed E-state index contributed by atoms with van der Waals surface area (Å²) >= 11 is 0. The molecule has 3 heteroatoms. The van der Waals surface area contributed by atoms with Crippen molar-refractivity contribution < 1.29 is 8.83 Å². The van der Waals surface area contributed by atoms with E-state index in [1.165, 1.54) is 27.5 Å². The van der Waals surface area contributed by atoms with Crippen molar-refractivity contribution in [3.63, 3.8) is 0 Å². The van der Waals surface area contributed by atoms with Gasteiger partial charge >= 0.3 is 0 Å². The highest BCUT2D eigenvalue weighted by molar-refractivity contribution is 6.19. The van der Waals surface area contributed by atoms with Crippen LogP contribution in [0.25, 0.3) is 98.8 Å². The molecule has 2 aromatic heterocycles. The van der Waals surface area contributed by atoms with E-state index in [9.17, 15) is 0 Å². The van der Waals surface area contributed by atoms with Crippen LogP contribution in [0.15, 0.2) is 221 Å². The van der Waals surface area contributed by atoms with Crippen molar-refractivity contribution in [3.05, 3.63) is 212 Å². The molecular weight excluding hydrogens is 719 g/mol. The number of fused-ring (bicyclic) bond motifs is 9. The Bertz CT molecular complexity index is 3550. The van der Waals surface area contributed by atoms with Gasteiger partial charge in [-0.25, -0.2) is 0 Å². The molecule has 0 aliphatic rings. The fourth-order valence-corrected chi connectivity index (χ4v) is 8.91. The number of para-hydroxylation sites is 1. The van der Waals surface area contributed by atoms with E-state index in [0.29, 0.717) is 0 Å².